The molecule has 1 aliphatic carbocycles. The maximum absolute atomic E-state index is 13.3. The first-order valence-corrected chi connectivity index (χ1v) is 5.96. The Morgan fingerprint density at radius 1 is 1.44 bits per heavy atom. The number of azide groups is 1. The van der Waals surface area contributed by atoms with Gasteiger partial charge in [-0.05, 0) is 36.6 Å². The minimum atomic E-state index is -0.275. The van der Waals surface area contributed by atoms with Gasteiger partial charge in [-0.15, -0.1) is 0 Å². The molecule has 3 rings (SSSR count). The molecule has 0 aliphatic heterocycles. The molecule has 2 atom stereocenters. The number of hydrogen-bond donors (Lipinski definition) is 0. The zero-order valence-electron chi connectivity index (χ0n) is 9.70. The van der Waals surface area contributed by atoms with Crippen LogP contribution in [0.4, 0.5) is 4.39 Å². The van der Waals surface area contributed by atoms with Crippen molar-refractivity contribution in [3.63, 3.8) is 0 Å². The largest absolute Gasteiger partial charge is 0.261 e. The van der Waals surface area contributed by atoms with Gasteiger partial charge in [0.15, 0.2) is 0 Å². The first kappa shape index (κ1) is 11.0. The van der Waals surface area contributed by atoms with Crippen molar-refractivity contribution in [1.82, 2.24) is 9.78 Å². The van der Waals surface area contributed by atoms with E-state index in [0.717, 1.165) is 30.2 Å². The van der Waals surface area contributed by atoms with Crippen LogP contribution >= 0.6 is 0 Å². The van der Waals surface area contributed by atoms with Gasteiger partial charge >= 0.3 is 0 Å². The highest BCUT2D eigenvalue weighted by Crippen LogP contribution is 2.34. The molecular formula is C12H12FN5. The zero-order chi connectivity index (χ0) is 12.5. The third-order valence-corrected chi connectivity index (χ3v) is 3.52. The molecule has 1 heterocycles. The van der Waals surface area contributed by atoms with Gasteiger partial charge in [0.1, 0.15) is 5.82 Å². The maximum atomic E-state index is 13.3. The van der Waals surface area contributed by atoms with E-state index in [2.05, 4.69) is 15.1 Å². The van der Waals surface area contributed by atoms with E-state index in [1.54, 1.807) is 16.9 Å². The first-order chi connectivity index (χ1) is 8.79. The fraction of sp³-hybridized carbons (Fsp3) is 0.417. The van der Waals surface area contributed by atoms with Crippen LogP contribution in [0.3, 0.4) is 0 Å². The summed E-state index contributed by atoms with van der Waals surface area (Å²) in [5.74, 6) is -0.275. The summed E-state index contributed by atoms with van der Waals surface area (Å²) in [7, 11) is 0. The summed E-state index contributed by atoms with van der Waals surface area (Å²) in [4.78, 5) is 2.89. The van der Waals surface area contributed by atoms with Crippen molar-refractivity contribution in [3.8, 4) is 0 Å². The molecule has 92 valence electrons. The number of hydrogen-bond acceptors (Lipinski definition) is 2. The van der Waals surface area contributed by atoms with Crippen molar-refractivity contribution in [1.29, 1.82) is 0 Å². The predicted octanol–water partition coefficient (Wildman–Crippen LogP) is 3.58. The molecule has 2 aromatic rings. The normalized spacial score (nSPS) is 23.2. The predicted molar refractivity (Wildman–Crippen MR) is 65.5 cm³/mol. The van der Waals surface area contributed by atoms with Crippen molar-refractivity contribution in [2.24, 2.45) is 5.11 Å². The van der Waals surface area contributed by atoms with Crippen LogP contribution in [0, 0.1) is 5.82 Å². The molecule has 0 radical (unpaired) electrons. The molecule has 2 unspecified atom stereocenters. The Balaban J connectivity index is 2.08. The van der Waals surface area contributed by atoms with Crippen LogP contribution in [0.25, 0.3) is 21.3 Å². The van der Waals surface area contributed by atoms with Crippen molar-refractivity contribution in [2.75, 3.05) is 0 Å². The van der Waals surface area contributed by atoms with Crippen LogP contribution in [-0.2, 0) is 0 Å². The standard InChI is InChI=1S/C12H12FN5/c13-9-5-4-8-7-15-18(12(8)6-9)11-3-1-2-10(11)16-17-14/h4-7,10-11H,1-3H2. The Labute approximate surface area is 103 Å². The Hall–Kier alpha value is -2.07. The van der Waals surface area contributed by atoms with Gasteiger partial charge in [-0.1, -0.05) is 11.5 Å². The van der Waals surface area contributed by atoms with E-state index >= 15 is 0 Å². The quantitative estimate of drug-likeness (QED) is 0.453. The molecule has 1 aliphatic rings. The lowest BCUT2D eigenvalue weighted by molar-refractivity contribution is 0.432. The highest BCUT2D eigenvalue weighted by Gasteiger charge is 2.29. The summed E-state index contributed by atoms with van der Waals surface area (Å²) in [5, 5.41) is 9.04. The fourth-order valence-electron chi connectivity index (χ4n) is 2.68. The van der Waals surface area contributed by atoms with Gasteiger partial charge in [-0.3, -0.25) is 4.68 Å². The highest BCUT2D eigenvalue weighted by molar-refractivity contribution is 5.78. The van der Waals surface area contributed by atoms with Gasteiger partial charge < -0.3 is 0 Å². The third-order valence-electron chi connectivity index (χ3n) is 3.52. The van der Waals surface area contributed by atoms with Gasteiger partial charge in [0.05, 0.1) is 23.8 Å². The van der Waals surface area contributed by atoms with E-state index in [0.29, 0.717) is 0 Å². The molecule has 0 amide bonds. The number of nitrogens with zero attached hydrogens (tertiary/aromatic N) is 5. The van der Waals surface area contributed by atoms with Gasteiger partial charge in [-0.2, -0.15) is 5.10 Å². The molecule has 5 nitrogen and oxygen atoms in total. The lowest BCUT2D eigenvalue weighted by Crippen LogP contribution is -2.17. The topological polar surface area (TPSA) is 66.6 Å². The van der Waals surface area contributed by atoms with Crippen molar-refractivity contribution < 1.29 is 4.39 Å². The molecule has 1 aromatic heterocycles. The molecule has 18 heavy (non-hydrogen) atoms. The van der Waals surface area contributed by atoms with Gasteiger partial charge in [0.2, 0.25) is 0 Å². The van der Waals surface area contributed by atoms with E-state index in [-0.39, 0.29) is 17.9 Å². The van der Waals surface area contributed by atoms with Crippen LogP contribution in [0.15, 0.2) is 29.5 Å². The van der Waals surface area contributed by atoms with Crippen LogP contribution in [0.2, 0.25) is 0 Å². The first-order valence-electron chi connectivity index (χ1n) is 5.96. The monoisotopic (exact) mass is 245 g/mol. The number of benzene rings is 1. The number of fused-ring (bicyclic) bond motifs is 1. The Bertz CT molecular complexity index is 628. The molecule has 1 saturated carbocycles. The SMILES string of the molecule is [N-]=[N+]=NC1CCCC1n1ncc2ccc(F)cc21. The zero-order valence-corrected chi connectivity index (χ0v) is 9.70. The summed E-state index contributed by atoms with van der Waals surface area (Å²) in [6.45, 7) is 0. The highest BCUT2D eigenvalue weighted by atomic mass is 19.1. The van der Waals surface area contributed by atoms with Crippen LogP contribution in [0.5, 0.6) is 0 Å². The maximum Gasteiger partial charge on any atom is 0.125 e. The summed E-state index contributed by atoms with van der Waals surface area (Å²) < 4.78 is 15.1. The van der Waals surface area contributed by atoms with E-state index in [9.17, 15) is 4.39 Å². The molecule has 0 bridgehead atoms. The number of aromatic nitrogens is 2. The average molecular weight is 245 g/mol. The Kier molecular flexibility index (Phi) is 2.64. The van der Waals surface area contributed by atoms with Gasteiger partial charge in [-0.25, -0.2) is 4.39 Å². The second kappa shape index (κ2) is 4.31. The van der Waals surface area contributed by atoms with Crippen LogP contribution < -0.4 is 0 Å². The Morgan fingerprint density at radius 2 is 2.33 bits per heavy atom. The molecule has 1 aromatic carbocycles. The summed E-state index contributed by atoms with van der Waals surface area (Å²) in [6, 6.07) is 4.58. The second-order valence-electron chi connectivity index (χ2n) is 4.56. The van der Waals surface area contributed by atoms with E-state index in [4.69, 9.17) is 5.53 Å². The number of halogens is 1. The van der Waals surface area contributed by atoms with Crippen molar-refractivity contribution >= 4 is 10.9 Å². The number of rotatable bonds is 2. The minimum absolute atomic E-state index is 0.0419. The van der Waals surface area contributed by atoms with Crippen molar-refractivity contribution in [3.05, 3.63) is 40.7 Å². The average Bonchev–Trinajstić information content (AvgIpc) is 2.95. The van der Waals surface area contributed by atoms with Crippen LogP contribution in [0.1, 0.15) is 25.3 Å². The van der Waals surface area contributed by atoms with Crippen molar-refractivity contribution in [2.45, 2.75) is 31.3 Å². The lowest BCUT2D eigenvalue weighted by atomic mass is 10.2. The third kappa shape index (κ3) is 1.71. The molecule has 0 spiro atoms. The molecular weight excluding hydrogens is 233 g/mol. The smallest absolute Gasteiger partial charge is 0.125 e. The summed E-state index contributed by atoms with van der Waals surface area (Å²) in [6.07, 6.45) is 4.51. The second-order valence-corrected chi connectivity index (χ2v) is 4.56. The van der Waals surface area contributed by atoms with Gasteiger partial charge in [0.25, 0.3) is 0 Å². The van der Waals surface area contributed by atoms with E-state index in [1.807, 2.05) is 0 Å². The lowest BCUT2D eigenvalue weighted by Gasteiger charge is -2.16. The van der Waals surface area contributed by atoms with E-state index in [1.165, 1.54) is 12.1 Å². The van der Waals surface area contributed by atoms with Gasteiger partial charge in [0, 0.05) is 10.3 Å². The molecule has 0 N–H and O–H groups in total. The molecule has 0 saturated heterocycles. The summed E-state index contributed by atoms with van der Waals surface area (Å²) in [5.41, 5.74) is 9.33. The fourth-order valence-corrected chi connectivity index (χ4v) is 2.68. The minimum Gasteiger partial charge on any atom is -0.261 e. The van der Waals surface area contributed by atoms with E-state index < -0.39 is 0 Å². The van der Waals surface area contributed by atoms with Crippen LogP contribution in [-0.4, -0.2) is 15.8 Å². The summed E-state index contributed by atoms with van der Waals surface area (Å²) >= 11 is 0. The molecule has 6 heteroatoms. The molecule has 1 fully saturated rings. The Morgan fingerprint density at radius 3 is 3.17 bits per heavy atom.